The van der Waals surface area contributed by atoms with E-state index in [1.165, 1.54) is 6.07 Å². The van der Waals surface area contributed by atoms with E-state index in [1.54, 1.807) is 17.6 Å². The summed E-state index contributed by atoms with van der Waals surface area (Å²) < 4.78 is 1.72. The van der Waals surface area contributed by atoms with Crippen molar-refractivity contribution < 1.29 is 4.92 Å². The number of aromatic amines is 1. The molecule has 0 aromatic heterocycles. The van der Waals surface area contributed by atoms with Crippen molar-refractivity contribution in [1.82, 2.24) is 19.5 Å². The lowest BCUT2D eigenvalue weighted by Crippen LogP contribution is -2.29. The third-order valence-electron chi connectivity index (χ3n) is 3.67. The van der Waals surface area contributed by atoms with Crippen molar-refractivity contribution in [2.75, 3.05) is 0 Å². The lowest BCUT2D eigenvalue weighted by molar-refractivity contribution is -0.385. The van der Waals surface area contributed by atoms with E-state index in [4.69, 9.17) is 0 Å². The third kappa shape index (κ3) is 2.53. The fraction of sp³-hybridized carbons (Fsp3) is 0.333. The molecule has 1 N–H and O–H groups in total. The number of benzene rings is 1. The maximum Gasteiger partial charge on any atom is 0.349 e. The Morgan fingerprint density at radius 2 is 2.00 bits per heavy atom. The Kier molecular flexibility index (Phi) is 3.63. The Hall–Kier alpha value is -3.10. The molecule has 0 unspecified atom stereocenters. The number of hydrogen-bond donors (Lipinski definition) is 1. The van der Waals surface area contributed by atoms with Crippen molar-refractivity contribution in [3.63, 3.8) is 0 Å². The van der Waals surface area contributed by atoms with E-state index in [9.17, 15) is 19.7 Å². The Morgan fingerprint density at radius 1 is 1.29 bits per heavy atom. The van der Waals surface area contributed by atoms with E-state index >= 15 is 0 Å². The zero-order chi connectivity index (χ0) is 17.6. The fourth-order valence-electron chi connectivity index (χ4n) is 2.68. The maximum atomic E-state index is 12.1. The predicted octanol–water partition coefficient (Wildman–Crippen LogP) is 1.46. The summed E-state index contributed by atoms with van der Waals surface area (Å²) >= 11 is 0. The summed E-state index contributed by atoms with van der Waals surface area (Å²) in [6, 6.07) is 2.97. The first kappa shape index (κ1) is 15.8. The molecule has 1 aromatic rings. The molecule has 1 aromatic carbocycles. The van der Waals surface area contributed by atoms with Crippen molar-refractivity contribution in [2.45, 2.75) is 27.3 Å². The number of nitro groups is 1. The van der Waals surface area contributed by atoms with Crippen molar-refractivity contribution in [2.24, 2.45) is 5.92 Å². The zero-order valence-electron chi connectivity index (χ0n) is 13.4. The molecular formula is C15H15N5O4. The summed E-state index contributed by atoms with van der Waals surface area (Å²) in [5, 5.41) is 11.2. The van der Waals surface area contributed by atoms with Gasteiger partial charge < -0.3 is 4.57 Å². The molecule has 9 nitrogen and oxygen atoms in total. The molecule has 0 saturated carbocycles. The van der Waals surface area contributed by atoms with Crippen molar-refractivity contribution in [3.8, 4) is 11.5 Å². The smallest absolute Gasteiger partial charge is 0.322 e. The number of aromatic nitrogens is 4. The number of nitro benzene ring substituents is 1. The van der Waals surface area contributed by atoms with Crippen LogP contribution < -0.4 is 11.2 Å². The summed E-state index contributed by atoms with van der Waals surface area (Å²) in [6.07, 6.45) is 0. The predicted molar refractivity (Wildman–Crippen MR) is 87.3 cm³/mol. The van der Waals surface area contributed by atoms with Crippen LogP contribution in [0.15, 0.2) is 21.7 Å². The van der Waals surface area contributed by atoms with Crippen LogP contribution >= 0.6 is 0 Å². The van der Waals surface area contributed by atoms with Gasteiger partial charge in [-0.3, -0.25) is 19.9 Å². The van der Waals surface area contributed by atoms with Crippen LogP contribution in [0.1, 0.15) is 19.4 Å². The second-order valence-corrected chi connectivity index (χ2v) is 6.04. The van der Waals surface area contributed by atoms with Gasteiger partial charge in [-0.2, -0.15) is 4.98 Å². The molecule has 0 saturated heterocycles. The molecule has 0 aliphatic carbocycles. The highest BCUT2D eigenvalue weighted by molar-refractivity contribution is 5.82. The monoisotopic (exact) mass is 329 g/mol. The molecule has 0 amide bonds. The molecule has 24 heavy (non-hydrogen) atoms. The van der Waals surface area contributed by atoms with Crippen LogP contribution in [0.3, 0.4) is 0 Å². The molecule has 2 heterocycles. The van der Waals surface area contributed by atoms with Crippen molar-refractivity contribution in [3.05, 3.63) is 48.6 Å². The zero-order valence-corrected chi connectivity index (χ0v) is 13.4. The van der Waals surface area contributed by atoms with E-state index in [0.717, 1.165) is 0 Å². The first-order valence-corrected chi connectivity index (χ1v) is 7.37. The van der Waals surface area contributed by atoms with Gasteiger partial charge in [0.15, 0.2) is 11.5 Å². The molecule has 2 aliphatic rings. The van der Waals surface area contributed by atoms with Gasteiger partial charge in [0.05, 0.1) is 16.0 Å². The summed E-state index contributed by atoms with van der Waals surface area (Å²) in [7, 11) is 0. The number of H-pyrrole nitrogens is 1. The lowest BCUT2D eigenvalue weighted by atomic mass is 10.1. The molecule has 2 aliphatic heterocycles. The highest BCUT2D eigenvalue weighted by atomic mass is 16.6. The summed E-state index contributed by atoms with van der Waals surface area (Å²) in [4.78, 5) is 44.5. The quantitative estimate of drug-likeness (QED) is 0.440. The minimum atomic E-state index is -0.746. The molecular weight excluding hydrogens is 314 g/mol. The van der Waals surface area contributed by atoms with Crippen molar-refractivity contribution >= 4 is 16.7 Å². The van der Waals surface area contributed by atoms with Gasteiger partial charge in [-0.05, 0) is 18.9 Å². The highest BCUT2D eigenvalue weighted by Crippen LogP contribution is 2.28. The minimum absolute atomic E-state index is 0.0131. The average Bonchev–Trinajstić information content (AvgIpc) is 2.47. The van der Waals surface area contributed by atoms with Crippen LogP contribution in [0.25, 0.3) is 22.6 Å². The van der Waals surface area contributed by atoms with Crippen LogP contribution in [-0.2, 0) is 6.54 Å². The number of fused-ring (bicyclic) bond motifs is 2. The topological polar surface area (TPSA) is 124 Å². The van der Waals surface area contributed by atoms with Gasteiger partial charge in [0.1, 0.15) is 0 Å². The van der Waals surface area contributed by atoms with Gasteiger partial charge in [0, 0.05) is 18.2 Å². The minimum Gasteiger partial charge on any atom is -0.322 e. The Balaban J connectivity index is 2.51. The van der Waals surface area contributed by atoms with Crippen LogP contribution in [0.2, 0.25) is 0 Å². The molecule has 3 rings (SSSR count). The first-order valence-electron chi connectivity index (χ1n) is 7.37. The normalized spacial score (nSPS) is 11.5. The molecule has 0 bridgehead atoms. The SMILES string of the molecule is Cc1cc2c(cc1[N+](=O)[O-])nc1c(=O)[nH]c(=O)nc-1n2CC(C)C. The molecule has 9 heteroatoms. The lowest BCUT2D eigenvalue weighted by Gasteiger charge is -2.18. The average molecular weight is 329 g/mol. The number of nitrogens with one attached hydrogen (secondary N) is 1. The van der Waals surface area contributed by atoms with Crippen LogP contribution in [0.5, 0.6) is 0 Å². The van der Waals surface area contributed by atoms with E-state index < -0.39 is 16.2 Å². The summed E-state index contributed by atoms with van der Waals surface area (Å²) in [5.74, 6) is 0.383. The maximum absolute atomic E-state index is 12.1. The standard InChI is InChI=1S/C15H15N5O4/c1-7(2)6-19-11-4-8(3)10(20(23)24)5-9(11)16-12-13(19)17-15(22)18-14(12)21/h4-5,7H,6H2,1-3H3,(H,18,21,22). The van der Waals surface area contributed by atoms with Crippen LogP contribution in [0, 0.1) is 23.0 Å². The molecule has 0 spiro atoms. The van der Waals surface area contributed by atoms with E-state index in [1.807, 2.05) is 13.8 Å². The number of rotatable bonds is 3. The second-order valence-electron chi connectivity index (χ2n) is 6.04. The molecule has 124 valence electrons. The third-order valence-corrected chi connectivity index (χ3v) is 3.67. The van der Waals surface area contributed by atoms with Crippen LogP contribution in [0.4, 0.5) is 5.69 Å². The number of nitrogens with zero attached hydrogens (tertiary/aromatic N) is 4. The molecule has 0 radical (unpaired) electrons. The number of aryl methyl sites for hydroxylation is 1. The summed E-state index contributed by atoms with van der Waals surface area (Å²) in [5.41, 5.74) is -0.116. The summed E-state index contributed by atoms with van der Waals surface area (Å²) in [6.45, 7) is 6.08. The van der Waals surface area contributed by atoms with Gasteiger partial charge in [-0.25, -0.2) is 9.78 Å². The van der Waals surface area contributed by atoms with Gasteiger partial charge in [-0.1, -0.05) is 13.8 Å². The Morgan fingerprint density at radius 3 is 2.62 bits per heavy atom. The molecule has 0 fully saturated rings. The Labute approximate surface area is 135 Å². The van der Waals surface area contributed by atoms with Gasteiger partial charge in [0.2, 0.25) is 0 Å². The van der Waals surface area contributed by atoms with E-state index in [-0.39, 0.29) is 23.1 Å². The fourth-order valence-corrected chi connectivity index (χ4v) is 2.68. The van der Waals surface area contributed by atoms with Gasteiger partial charge in [-0.15, -0.1) is 0 Å². The largest absolute Gasteiger partial charge is 0.349 e. The van der Waals surface area contributed by atoms with E-state index in [0.29, 0.717) is 23.1 Å². The molecule has 0 atom stereocenters. The van der Waals surface area contributed by atoms with Crippen molar-refractivity contribution in [1.29, 1.82) is 0 Å². The van der Waals surface area contributed by atoms with E-state index in [2.05, 4.69) is 15.0 Å². The van der Waals surface area contributed by atoms with Crippen LogP contribution in [-0.4, -0.2) is 24.4 Å². The second kappa shape index (κ2) is 5.52. The van der Waals surface area contributed by atoms with Gasteiger partial charge >= 0.3 is 5.69 Å². The first-order chi connectivity index (χ1) is 11.3. The van der Waals surface area contributed by atoms with Gasteiger partial charge in [0.25, 0.3) is 11.2 Å². The highest BCUT2D eigenvalue weighted by Gasteiger charge is 2.22. The Bertz CT molecular complexity index is 1050. The number of hydrogen-bond acceptors (Lipinski definition) is 6.